The quantitative estimate of drug-likeness (QED) is 0.791. The van der Waals surface area contributed by atoms with Gasteiger partial charge in [0.2, 0.25) is 0 Å². The minimum absolute atomic E-state index is 0.416. The molecule has 21 heavy (non-hydrogen) atoms. The van der Waals surface area contributed by atoms with Crippen molar-refractivity contribution in [1.29, 1.82) is 0 Å². The molecule has 4 nitrogen and oxygen atoms in total. The molecule has 112 valence electrons. The second-order valence-corrected chi connectivity index (χ2v) is 6.74. The first-order valence-electron chi connectivity index (χ1n) is 7.58. The summed E-state index contributed by atoms with van der Waals surface area (Å²) in [5.74, 6) is 1.33. The molecule has 0 spiro atoms. The first kappa shape index (κ1) is 13.8. The third-order valence-corrected chi connectivity index (χ3v) is 5.29. The lowest BCUT2D eigenvalue weighted by Crippen LogP contribution is -2.39. The van der Waals surface area contributed by atoms with Gasteiger partial charge in [-0.1, -0.05) is 11.6 Å². The van der Waals surface area contributed by atoms with Crippen molar-refractivity contribution in [3.05, 3.63) is 23.1 Å². The number of hydrogen-bond acceptors (Lipinski definition) is 3. The highest BCUT2D eigenvalue weighted by atomic mass is 35.5. The van der Waals surface area contributed by atoms with E-state index in [-0.39, 0.29) is 0 Å². The molecule has 2 fully saturated rings. The van der Waals surface area contributed by atoms with Crippen molar-refractivity contribution >= 4 is 34.4 Å². The molecule has 0 N–H and O–H groups in total. The van der Waals surface area contributed by atoms with Crippen molar-refractivity contribution in [3.8, 4) is 0 Å². The van der Waals surface area contributed by atoms with Crippen LogP contribution in [0, 0.1) is 0 Å². The zero-order chi connectivity index (χ0) is 14.4. The number of fused-ring (bicyclic) bond motifs is 2. The Morgan fingerprint density at radius 1 is 1.24 bits per heavy atom. The van der Waals surface area contributed by atoms with Crippen LogP contribution in [0.2, 0.25) is 5.02 Å². The van der Waals surface area contributed by atoms with E-state index in [1.807, 2.05) is 6.07 Å². The van der Waals surface area contributed by atoms with Crippen LogP contribution in [-0.4, -0.2) is 38.6 Å². The van der Waals surface area contributed by atoms with E-state index in [4.69, 9.17) is 23.2 Å². The van der Waals surface area contributed by atoms with Gasteiger partial charge in [-0.25, -0.2) is 9.97 Å². The van der Waals surface area contributed by atoms with Crippen molar-refractivity contribution < 1.29 is 0 Å². The number of rotatable bonds is 2. The molecule has 6 heteroatoms. The van der Waals surface area contributed by atoms with Crippen LogP contribution in [0.25, 0.3) is 11.2 Å². The summed E-state index contributed by atoms with van der Waals surface area (Å²) in [4.78, 5) is 11.8. The van der Waals surface area contributed by atoms with Crippen LogP contribution in [0.4, 0.5) is 0 Å². The Morgan fingerprint density at radius 3 is 3.00 bits per heavy atom. The lowest BCUT2D eigenvalue weighted by Gasteiger charge is -2.36. The molecular weight excluding hydrogens is 307 g/mol. The lowest BCUT2D eigenvalue weighted by atomic mass is 9.97. The highest BCUT2D eigenvalue weighted by Gasteiger charge is 2.33. The van der Waals surface area contributed by atoms with Crippen molar-refractivity contribution in [3.63, 3.8) is 0 Å². The van der Waals surface area contributed by atoms with E-state index in [9.17, 15) is 0 Å². The summed E-state index contributed by atoms with van der Waals surface area (Å²) in [5.41, 5.74) is 1.78. The number of aromatic nitrogens is 3. The van der Waals surface area contributed by atoms with Gasteiger partial charge in [0, 0.05) is 24.8 Å². The molecule has 2 aromatic heterocycles. The average molecular weight is 325 g/mol. The fourth-order valence-corrected chi connectivity index (χ4v) is 4.26. The van der Waals surface area contributed by atoms with Gasteiger partial charge in [0.05, 0.1) is 10.9 Å². The number of halogens is 2. The topological polar surface area (TPSA) is 34.0 Å². The minimum atomic E-state index is 0.416. The predicted octanol–water partition coefficient (Wildman–Crippen LogP) is 3.62. The molecule has 0 amide bonds. The molecule has 0 saturated carbocycles. The number of alkyl halides is 1. The Hall–Kier alpha value is -0.840. The van der Waals surface area contributed by atoms with Gasteiger partial charge in [0.25, 0.3) is 0 Å². The lowest BCUT2D eigenvalue weighted by molar-refractivity contribution is 0.156. The molecule has 2 aliphatic rings. The number of imidazole rings is 1. The van der Waals surface area contributed by atoms with E-state index in [0.717, 1.165) is 29.5 Å². The van der Waals surface area contributed by atoms with Gasteiger partial charge >= 0.3 is 0 Å². The molecule has 2 atom stereocenters. The molecule has 2 aliphatic heterocycles. The Bertz CT molecular complexity index is 669. The van der Waals surface area contributed by atoms with Crippen LogP contribution in [0.5, 0.6) is 0 Å². The second-order valence-electron chi connectivity index (χ2n) is 6.04. The average Bonchev–Trinajstić information content (AvgIpc) is 3.09. The molecular formula is C15H18Cl2N4. The normalized spacial score (nSPS) is 26.4. The highest BCUT2D eigenvalue weighted by molar-refractivity contribution is 6.31. The second kappa shape index (κ2) is 5.41. The Kier molecular flexibility index (Phi) is 3.56. The number of nitrogens with zero attached hydrogens (tertiary/aromatic N) is 4. The van der Waals surface area contributed by atoms with Gasteiger partial charge < -0.3 is 9.47 Å². The summed E-state index contributed by atoms with van der Waals surface area (Å²) in [6, 6.07) is 3.05. The van der Waals surface area contributed by atoms with Gasteiger partial charge in [0.15, 0.2) is 5.65 Å². The zero-order valence-corrected chi connectivity index (χ0v) is 13.3. The molecule has 2 unspecified atom stereocenters. The van der Waals surface area contributed by atoms with Crippen LogP contribution in [-0.2, 0) is 5.88 Å². The predicted molar refractivity (Wildman–Crippen MR) is 85.0 cm³/mol. The molecule has 0 radical (unpaired) electrons. The SMILES string of the molecule is ClCc1nc2cc(Cl)cnc2n1C1CCN2CCCC2C1. The summed E-state index contributed by atoms with van der Waals surface area (Å²) in [7, 11) is 0. The molecule has 4 rings (SSSR count). The molecule has 4 heterocycles. The van der Waals surface area contributed by atoms with E-state index in [1.165, 1.54) is 32.4 Å². The monoisotopic (exact) mass is 324 g/mol. The smallest absolute Gasteiger partial charge is 0.160 e. The summed E-state index contributed by atoms with van der Waals surface area (Å²) in [5, 5.41) is 0.624. The largest absolute Gasteiger partial charge is 0.308 e. The number of hydrogen-bond donors (Lipinski definition) is 0. The summed E-state index contributed by atoms with van der Waals surface area (Å²) in [6.45, 7) is 2.43. The third-order valence-electron chi connectivity index (χ3n) is 4.85. The van der Waals surface area contributed by atoms with Crippen molar-refractivity contribution in [2.24, 2.45) is 0 Å². The molecule has 2 aromatic rings. The van der Waals surface area contributed by atoms with Crippen LogP contribution in [0.3, 0.4) is 0 Å². The highest BCUT2D eigenvalue weighted by Crippen LogP contribution is 2.35. The van der Waals surface area contributed by atoms with E-state index < -0.39 is 0 Å². The number of piperidine rings is 1. The van der Waals surface area contributed by atoms with Crippen molar-refractivity contribution in [2.75, 3.05) is 13.1 Å². The summed E-state index contributed by atoms with van der Waals surface area (Å²) >= 11 is 12.2. The van der Waals surface area contributed by atoms with E-state index in [2.05, 4.69) is 19.4 Å². The van der Waals surface area contributed by atoms with Crippen LogP contribution < -0.4 is 0 Å². The maximum atomic E-state index is 6.12. The van der Waals surface area contributed by atoms with Crippen molar-refractivity contribution in [2.45, 2.75) is 43.6 Å². The van der Waals surface area contributed by atoms with Crippen LogP contribution in [0.1, 0.15) is 37.5 Å². The maximum Gasteiger partial charge on any atom is 0.160 e. The van der Waals surface area contributed by atoms with Gasteiger partial charge in [-0.2, -0.15) is 0 Å². The van der Waals surface area contributed by atoms with Gasteiger partial charge in [0.1, 0.15) is 11.3 Å². The van der Waals surface area contributed by atoms with Gasteiger partial charge in [-0.15, -0.1) is 11.6 Å². The number of pyridine rings is 1. The molecule has 2 saturated heterocycles. The van der Waals surface area contributed by atoms with E-state index in [0.29, 0.717) is 16.9 Å². The fraction of sp³-hybridized carbons (Fsp3) is 0.600. The van der Waals surface area contributed by atoms with Crippen LogP contribution in [0.15, 0.2) is 12.3 Å². The van der Waals surface area contributed by atoms with Gasteiger partial charge in [-0.3, -0.25) is 0 Å². The van der Waals surface area contributed by atoms with Gasteiger partial charge in [-0.05, 0) is 38.3 Å². The first-order valence-corrected chi connectivity index (χ1v) is 8.50. The third kappa shape index (κ3) is 2.33. The molecule has 0 bridgehead atoms. The maximum absolute atomic E-state index is 6.12. The molecule has 0 aliphatic carbocycles. The summed E-state index contributed by atoms with van der Waals surface area (Å²) < 4.78 is 2.26. The van der Waals surface area contributed by atoms with E-state index >= 15 is 0 Å². The van der Waals surface area contributed by atoms with E-state index in [1.54, 1.807) is 6.20 Å². The standard InChI is InChI=1S/C15H18Cl2N4/c16-8-14-19-13-6-10(17)9-18-15(13)21(14)12-3-5-20-4-1-2-11(20)7-12/h6,9,11-12H,1-5,7-8H2. The Balaban J connectivity index is 1.74. The molecule has 0 aromatic carbocycles. The Morgan fingerprint density at radius 2 is 2.14 bits per heavy atom. The zero-order valence-electron chi connectivity index (χ0n) is 11.8. The van der Waals surface area contributed by atoms with Crippen LogP contribution >= 0.6 is 23.2 Å². The minimum Gasteiger partial charge on any atom is -0.308 e. The summed E-state index contributed by atoms with van der Waals surface area (Å²) in [6.07, 6.45) is 6.68. The fourth-order valence-electron chi connectivity index (χ4n) is 3.92. The Labute approximate surface area is 134 Å². The van der Waals surface area contributed by atoms with Crippen molar-refractivity contribution in [1.82, 2.24) is 19.4 Å². The first-order chi connectivity index (χ1) is 10.3.